The molecule has 3 N–H and O–H groups in total. The number of hydrogen-bond acceptors (Lipinski definition) is 9. The third kappa shape index (κ3) is 6.12. The lowest BCUT2D eigenvalue weighted by Crippen LogP contribution is -2.48. The van der Waals surface area contributed by atoms with E-state index in [2.05, 4.69) is 25.7 Å². The number of pyridine rings is 1. The summed E-state index contributed by atoms with van der Waals surface area (Å²) in [4.78, 5) is 41.2. The summed E-state index contributed by atoms with van der Waals surface area (Å²) < 4.78 is 20.6. The lowest BCUT2D eigenvalue weighted by atomic mass is 9.84. The van der Waals surface area contributed by atoms with E-state index in [1.54, 1.807) is 41.3 Å². The minimum atomic E-state index is -0.575. The van der Waals surface area contributed by atoms with Gasteiger partial charge in [-0.15, -0.1) is 0 Å². The first-order valence-corrected chi connectivity index (χ1v) is 14.7. The van der Waals surface area contributed by atoms with E-state index >= 15 is 4.39 Å². The molecule has 6 rings (SSSR count). The predicted octanol–water partition coefficient (Wildman–Crippen LogP) is 4.35. The van der Waals surface area contributed by atoms with Gasteiger partial charge in [0, 0.05) is 43.0 Å². The molecule has 11 nitrogen and oxygen atoms in total. The Hall–Kier alpha value is -4.78. The van der Waals surface area contributed by atoms with Gasteiger partial charge in [-0.3, -0.25) is 9.59 Å². The maximum atomic E-state index is 15.3. The van der Waals surface area contributed by atoms with Gasteiger partial charge in [-0.25, -0.2) is 29.8 Å². The lowest BCUT2D eigenvalue weighted by Gasteiger charge is -2.32. The van der Waals surface area contributed by atoms with Crippen LogP contribution in [0, 0.1) is 5.82 Å². The molecule has 4 heterocycles. The lowest BCUT2D eigenvalue weighted by molar-refractivity contribution is 0.0302. The number of aromatic nitrogens is 3. The molecule has 0 spiro atoms. The van der Waals surface area contributed by atoms with E-state index in [1.807, 2.05) is 26.8 Å². The molecule has 1 fully saturated rings. The molecule has 0 radical (unpaired) electrons. The molecule has 2 aliphatic heterocycles. The molecule has 12 heteroatoms. The molecular formula is C33H34FN7O4. The third-order valence-corrected chi connectivity index (χ3v) is 7.94. The highest BCUT2D eigenvalue weighted by Gasteiger charge is 2.32. The second-order valence-corrected chi connectivity index (χ2v) is 11.9. The summed E-state index contributed by atoms with van der Waals surface area (Å²) in [6.07, 6.45) is 2.90. The Morgan fingerprint density at radius 1 is 1.07 bits per heavy atom. The highest BCUT2D eigenvalue weighted by Crippen LogP contribution is 2.35. The average molecular weight is 612 g/mol. The largest absolute Gasteiger partial charge is 0.392 e. The Kier molecular flexibility index (Phi) is 8.28. The van der Waals surface area contributed by atoms with Gasteiger partial charge in [0.25, 0.3) is 11.8 Å². The van der Waals surface area contributed by atoms with Crippen molar-refractivity contribution < 1.29 is 23.8 Å². The van der Waals surface area contributed by atoms with Crippen molar-refractivity contribution >= 4 is 29.1 Å². The van der Waals surface area contributed by atoms with Crippen LogP contribution in [0.25, 0.3) is 11.3 Å². The number of nitrogens with zero attached hydrogens (tertiary/aromatic N) is 5. The number of ether oxygens (including phenoxy) is 1. The highest BCUT2D eigenvalue weighted by atomic mass is 19.1. The van der Waals surface area contributed by atoms with Crippen LogP contribution >= 0.6 is 0 Å². The van der Waals surface area contributed by atoms with Crippen molar-refractivity contribution in [2.45, 2.75) is 39.3 Å². The number of morpholine rings is 1. The fourth-order valence-electron chi connectivity index (χ4n) is 5.46. The number of hydrogen-bond donors (Lipinski definition) is 3. The maximum Gasteiger partial charge on any atom is 0.275 e. The molecule has 2 aromatic carbocycles. The molecule has 0 unspecified atom stereocenters. The van der Waals surface area contributed by atoms with Gasteiger partial charge in [0.2, 0.25) is 0 Å². The minimum absolute atomic E-state index is 0.00901. The molecule has 0 saturated carbocycles. The second kappa shape index (κ2) is 12.3. The molecule has 2 amide bonds. The number of nitrogens with one attached hydrogen (secondary N) is 2. The number of halogens is 1. The number of aliphatic hydroxyl groups excluding tert-OH is 1. The van der Waals surface area contributed by atoms with Gasteiger partial charge < -0.3 is 20.1 Å². The molecule has 0 atom stereocenters. The number of anilines is 3. The summed E-state index contributed by atoms with van der Waals surface area (Å²) in [5.74, 6) is -0.303. The zero-order valence-electron chi connectivity index (χ0n) is 25.3. The van der Waals surface area contributed by atoms with Crippen molar-refractivity contribution in [3.63, 3.8) is 0 Å². The van der Waals surface area contributed by atoms with Gasteiger partial charge in [0.1, 0.15) is 23.8 Å². The van der Waals surface area contributed by atoms with Crippen LogP contribution < -0.4 is 15.8 Å². The van der Waals surface area contributed by atoms with E-state index < -0.39 is 18.3 Å². The number of rotatable bonds is 6. The van der Waals surface area contributed by atoms with Gasteiger partial charge >= 0.3 is 0 Å². The number of hydrazine groups is 1. The Labute approximate surface area is 260 Å². The molecule has 232 valence electrons. The summed E-state index contributed by atoms with van der Waals surface area (Å²) in [7, 11) is 0. The van der Waals surface area contributed by atoms with Crippen molar-refractivity contribution in [3.8, 4) is 11.3 Å². The SMILES string of the molecule is CC(C)(C)c1cc(F)c2c(c1)CNN(c1cccc(-c3cc(Nc4ccc(C(=O)N5CCOCC5)cn4)ncn3)c1CO)C2=O. The van der Waals surface area contributed by atoms with Gasteiger partial charge in [-0.05, 0) is 40.8 Å². The first kappa shape index (κ1) is 30.3. The van der Waals surface area contributed by atoms with Gasteiger partial charge in [-0.1, -0.05) is 39.0 Å². The quantitative estimate of drug-likeness (QED) is 0.291. The summed E-state index contributed by atoms with van der Waals surface area (Å²) in [6.45, 7) is 7.95. The second-order valence-electron chi connectivity index (χ2n) is 11.9. The van der Waals surface area contributed by atoms with Crippen LogP contribution in [0.2, 0.25) is 0 Å². The average Bonchev–Trinajstić information content (AvgIpc) is 3.04. The van der Waals surface area contributed by atoms with Crippen molar-refractivity contribution in [2.75, 3.05) is 36.6 Å². The fraction of sp³-hybridized carbons (Fsp3) is 0.303. The molecule has 2 aromatic heterocycles. The number of carbonyl (C=O) groups is 2. The zero-order chi connectivity index (χ0) is 31.7. The first-order chi connectivity index (χ1) is 21.6. The minimum Gasteiger partial charge on any atom is -0.392 e. The van der Waals surface area contributed by atoms with E-state index in [9.17, 15) is 14.7 Å². The first-order valence-electron chi connectivity index (χ1n) is 14.7. The molecular weight excluding hydrogens is 577 g/mol. The van der Waals surface area contributed by atoms with Crippen molar-refractivity contribution in [3.05, 3.63) is 94.7 Å². The van der Waals surface area contributed by atoms with Crippen LogP contribution in [0.1, 0.15) is 58.2 Å². The Bertz CT molecular complexity index is 1750. The summed E-state index contributed by atoms with van der Waals surface area (Å²) in [5.41, 5.74) is 6.58. The molecule has 45 heavy (non-hydrogen) atoms. The number of carbonyl (C=O) groups excluding carboxylic acids is 2. The number of benzene rings is 2. The number of aliphatic hydroxyl groups is 1. The number of fused-ring (bicyclic) bond motifs is 1. The maximum absolute atomic E-state index is 15.3. The van der Waals surface area contributed by atoms with Crippen molar-refractivity contribution in [1.29, 1.82) is 0 Å². The van der Waals surface area contributed by atoms with Crippen molar-refractivity contribution in [1.82, 2.24) is 25.3 Å². The zero-order valence-corrected chi connectivity index (χ0v) is 25.3. The van der Waals surface area contributed by atoms with E-state index in [-0.39, 0.29) is 23.4 Å². The fourth-order valence-corrected chi connectivity index (χ4v) is 5.46. The monoisotopic (exact) mass is 611 g/mol. The standard InChI is InChI=1S/C33H34FN7O4/c1-33(2,3)22-13-21-17-38-41(32(44)30(21)25(34)14-22)27-6-4-5-23(24(27)18-42)26-15-29(37-19-36-26)39-28-8-7-20(16-35-28)31(43)40-9-11-45-12-10-40/h4-8,13-16,19,38,42H,9-12,17-18H2,1-3H3,(H,35,36,37,39). The normalized spacial score (nSPS) is 15.2. The Morgan fingerprint density at radius 2 is 1.87 bits per heavy atom. The summed E-state index contributed by atoms with van der Waals surface area (Å²) >= 11 is 0. The van der Waals surface area contributed by atoms with Crippen LogP contribution in [0.3, 0.4) is 0 Å². The third-order valence-electron chi connectivity index (χ3n) is 7.94. The molecule has 4 aromatic rings. The van der Waals surface area contributed by atoms with Crippen LogP contribution in [0.4, 0.5) is 21.7 Å². The van der Waals surface area contributed by atoms with Gasteiger partial charge in [-0.2, -0.15) is 0 Å². The van der Waals surface area contributed by atoms with Crippen LogP contribution in [-0.4, -0.2) is 63.1 Å². The topological polar surface area (TPSA) is 133 Å². The molecule has 1 saturated heterocycles. The van der Waals surface area contributed by atoms with E-state index in [4.69, 9.17) is 4.74 Å². The number of amides is 2. The Balaban J connectivity index is 1.24. The van der Waals surface area contributed by atoms with Crippen LogP contribution in [0.5, 0.6) is 0 Å². The van der Waals surface area contributed by atoms with Gasteiger partial charge in [0.05, 0.1) is 42.3 Å². The molecule has 0 bridgehead atoms. The van der Waals surface area contributed by atoms with E-state index in [0.717, 1.165) is 5.56 Å². The Morgan fingerprint density at radius 3 is 2.58 bits per heavy atom. The van der Waals surface area contributed by atoms with E-state index in [0.29, 0.717) is 71.6 Å². The summed E-state index contributed by atoms with van der Waals surface area (Å²) in [5, 5.41) is 14.9. The van der Waals surface area contributed by atoms with Gasteiger partial charge in [0.15, 0.2) is 0 Å². The predicted molar refractivity (Wildman–Crippen MR) is 166 cm³/mol. The highest BCUT2D eigenvalue weighted by molar-refractivity contribution is 6.08. The molecule has 2 aliphatic rings. The summed E-state index contributed by atoms with van der Waals surface area (Å²) in [6, 6.07) is 13.6. The van der Waals surface area contributed by atoms with Crippen LogP contribution in [0.15, 0.2) is 61.1 Å². The molecule has 0 aliphatic carbocycles. The van der Waals surface area contributed by atoms with Crippen molar-refractivity contribution in [2.24, 2.45) is 0 Å². The van der Waals surface area contributed by atoms with E-state index in [1.165, 1.54) is 23.6 Å². The smallest absolute Gasteiger partial charge is 0.275 e. The van der Waals surface area contributed by atoms with Crippen LogP contribution in [-0.2, 0) is 23.3 Å².